The first-order chi connectivity index (χ1) is 12.3. The summed E-state index contributed by atoms with van der Waals surface area (Å²) in [6.45, 7) is 1.87. The van der Waals surface area contributed by atoms with Crippen LogP contribution >= 0.6 is 0 Å². The molecular weight excluding hydrogens is 354 g/mol. The molecule has 0 atom stereocenters. The number of aromatic nitrogens is 1. The van der Waals surface area contributed by atoms with E-state index in [1.54, 1.807) is 19.1 Å². The predicted octanol–water partition coefficient (Wildman–Crippen LogP) is 2.23. The lowest BCUT2D eigenvalue weighted by atomic mass is 10.1. The predicted molar refractivity (Wildman–Crippen MR) is 95.7 cm³/mol. The van der Waals surface area contributed by atoms with Crippen LogP contribution in [0.1, 0.15) is 21.6 Å². The average Bonchev–Trinajstić information content (AvgIpc) is 3.09. The van der Waals surface area contributed by atoms with Crippen molar-refractivity contribution in [2.24, 2.45) is 5.14 Å². The van der Waals surface area contributed by atoms with Crippen LogP contribution in [0.25, 0.3) is 11.5 Å². The van der Waals surface area contributed by atoms with Gasteiger partial charge >= 0.3 is 0 Å². The van der Waals surface area contributed by atoms with Crippen LogP contribution in [-0.2, 0) is 16.6 Å². The lowest BCUT2D eigenvalue weighted by Gasteiger charge is -2.07. The molecule has 0 saturated carbocycles. The standard InChI is InChI=1S/C18H17N3O4S/c1-12-9-13(7-8-16(12)26(19,23)24)10-20-17(22)15-11-25-18(21-15)14-5-3-2-4-6-14/h2-9,11H,10H2,1H3,(H,20,22)(H2,19,23,24). The van der Waals surface area contributed by atoms with Crippen LogP contribution < -0.4 is 10.5 Å². The first-order valence-electron chi connectivity index (χ1n) is 7.76. The number of carbonyl (C=O) groups is 1. The van der Waals surface area contributed by atoms with Crippen LogP contribution in [0.4, 0.5) is 0 Å². The highest BCUT2D eigenvalue weighted by molar-refractivity contribution is 7.89. The van der Waals surface area contributed by atoms with Crippen LogP contribution in [-0.4, -0.2) is 19.3 Å². The number of nitrogens with two attached hydrogens (primary N) is 1. The molecule has 3 N–H and O–H groups in total. The maximum Gasteiger partial charge on any atom is 0.273 e. The molecule has 0 saturated heterocycles. The second-order valence-corrected chi connectivity index (χ2v) is 7.26. The van der Waals surface area contributed by atoms with Gasteiger partial charge in [-0.05, 0) is 36.2 Å². The number of sulfonamides is 1. The molecule has 0 bridgehead atoms. The molecule has 7 nitrogen and oxygen atoms in total. The Labute approximate surface area is 150 Å². The average molecular weight is 371 g/mol. The highest BCUT2D eigenvalue weighted by Crippen LogP contribution is 2.18. The Kier molecular flexibility index (Phi) is 4.88. The molecule has 0 aliphatic heterocycles. The molecule has 26 heavy (non-hydrogen) atoms. The third-order valence-electron chi connectivity index (χ3n) is 3.76. The zero-order valence-electron chi connectivity index (χ0n) is 14.0. The topological polar surface area (TPSA) is 115 Å². The summed E-state index contributed by atoms with van der Waals surface area (Å²) < 4.78 is 28.2. The number of aryl methyl sites for hydroxylation is 1. The number of oxazole rings is 1. The minimum atomic E-state index is -3.76. The number of benzene rings is 2. The summed E-state index contributed by atoms with van der Waals surface area (Å²) >= 11 is 0. The Morgan fingerprint density at radius 3 is 2.58 bits per heavy atom. The first kappa shape index (κ1) is 17.8. The van der Waals surface area contributed by atoms with E-state index in [-0.39, 0.29) is 23.0 Å². The van der Waals surface area contributed by atoms with Crippen molar-refractivity contribution < 1.29 is 17.6 Å². The highest BCUT2D eigenvalue weighted by atomic mass is 32.2. The molecule has 0 radical (unpaired) electrons. The fourth-order valence-electron chi connectivity index (χ4n) is 2.50. The van der Waals surface area contributed by atoms with E-state index in [1.165, 1.54) is 12.3 Å². The zero-order valence-corrected chi connectivity index (χ0v) is 14.8. The van der Waals surface area contributed by atoms with Crippen LogP contribution in [0.15, 0.2) is 64.1 Å². The summed E-state index contributed by atoms with van der Waals surface area (Å²) in [5.74, 6) is -0.0202. The zero-order chi connectivity index (χ0) is 18.7. The number of nitrogens with zero attached hydrogens (tertiary/aromatic N) is 1. The molecule has 0 aliphatic carbocycles. The Morgan fingerprint density at radius 1 is 1.19 bits per heavy atom. The summed E-state index contributed by atoms with van der Waals surface area (Å²) in [5.41, 5.74) is 2.21. The quantitative estimate of drug-likeness (QED) is 0.713. The Balaban J connectivity index is 1.68. The Morgan fingerprint density at radius 2 is 1.92 bits per heavy atom. The van der Waals surface area contributed by atoms with Gasteiger partial charge in [0.2, 0.25) is 15.9 Å². The number of primary sulfonamides is 1. The van der Waals surface area contributed by atoms with E-state index in [2.05, 4.69) is 10.3 Å². The molecule has 3 aromatic rings. The lowest BCUT2D eigenvalue weighted by Crippen LogP contribution is -2.23. The van der Waals surface area contributed by atoms with Crippen molar-refractivity contribution in [3.63, 3.8) is 0 Å². The molecule has 0 spiro atoms. The summed E-state index contributed by atoms with van der Waals surface area (Å²) in [5, 5.41) is 7.86. The molecule has 1 heterocycles. The Hall–Kier alpha value is -2.97. The first-order valence-corrected chi connectivity index (χ1v) is 9.31. The number of carbonyl (C=O) groups excluding carboxylic acids is 1. The van der Waals surface area contributed by atoms with Crippen molar-refractivity contribution in [2.75, 3.05) is 0 Å². The SMILES string of the molecule is Cc1cc(CNC(=O)c2coc(-c3ccccc3)n2)ccc1S(N)(=O)=O. The normalized spacial score (nSPS) is 11.3. The number of nitrogens with one attached hydrogen (secondary N) is 1. The summed E-state index contributed by atoms with van der Waals surface area (Å²) in [6, 6.07) is 14.0. The van der Waals surface area contributed by atoms with E-state index in [4.69, 9.17) is 9.56 Å². The second-order valence-electron chi connectivity index (χ2n) is 5.73. The number of hydrogen-bond acceptors (Lipinski definition) is 5. The molecule has 1 amide bonds. The van der Waals surface area contributed by atoms with Gasteiger partial charge in [0.1, 0.15) is 6.26 Å². The van der Waals surface area contributed by atoms with E-state index in [1.807, 2.05) is 30.3 Å². The van der Waals surface area contributed by atoms with Crippen LogP contribution in [0.5, 0.6) is 0 Å². The van der Waals surface area contributed by atoms with Crippen molar-refractivity contribution in [1.29, 1.82) is 0 Å². The van der Waals surface area contributed by atoms with E-state index < -0.39 is 10.0 Å². The van der Waals surface area contributed by atoms with Gasteiger partial charge in [0, 0.05) is 12.1 Å². The van der Waals surface area contributed by atoms with Crippen molar-refractivity contribution in [3.8, 4) is 11.5 Å². The van der Waals surface area contributed by atoms with E-state index in [0.29, 0.717) is 11.5 Å². The fraction of sp³-hybridized carbons (Fsp3) is 0.111. The summed E-state index contributed by atoms with van der Waals surface area (Å²) in [6.07, 6.45) is 1.30. The molecule has 0 unspecified atom stereocenters. The van der Waals surface area contributed by atoms with Gasteiger partial charge in [-0.2, -0.15) is 0 Å². The summed E-state index contributed by atoms with van der Waals surface area (Å²) in [7, 11) is -3.76. The monoisotopic (exact) mass is 371 g/mol. The van der Waals surface area contributed by atoms with Gasteiger partial charge in [0.15, 0.2) is 5.69 Å². The molecule has 1 aromatic heterocycles. The molecule has 8 heteroatoms. The molecule has 0 aliphatic rings. The minimum absolute atomic E-state index is 0.0663. The van der Waals surface area contributed by atoms with E-state index in [0.717, 1.165) is 11.1 Å². The number of rotatable bonds is 5. The van der Waals surface area contributed by atoms with Gasteiger partial charge in [0.05, 0.1) is 4.90 Å². The minimum Gasteiger partial charge on any atom is -0.444 e. The van der Waals surface area contributed by atoms with Crippen LogP contribution in [0, 0.1) is 6.92 Å². The van der Waals surface area contributed by atoms with E-state index >= 15 is 0 Å². The van der Waals surface area contributed by atoms with Gasteiger partial charge in [0.25, 0.3) is 5.91 Å². The maximum absolute atomic E-state index is 12.2. The van der Waals surface area contributed by atoms with Crippen LogP contribution in [0.2, 0.25) is 0 Å². The third kappa shape index (κ3) is 3.98. The lowest BCUT2D eigenvalue weighted by molar-refractivity contribution is 0.0946. The third-order valence-corrected chi connectivity index (χ3v) is 4.83. The number of hydrogen-bond donors (Lipinski definition) is 2. The molecule has 0 fully saturated rings. The van der Waals surface area contributed by atoms with E-state index in [9.17, 15) is 13.2 Å². The van der Waals surface area contributed by atoms with Crippen molar-refractivity contribution in [3.05, 3.63) is 71.6 Å². The molecule has 2 aromatic carbocycles. The Bertz CT molecular complexity index is 1040. The molecule has 3 rings (SSSR count). The highest BCUT2D eigenvalue weighted by Gasteiger charge is 2.14. The van der Waals surface area contributed by atoms with Gasteiger partial charge in [-0.1, -0.05) is 30.3 Å². The van der Waals surface area contributed by atoms with Gasteiger partial charge < -0.3 is 9.73 Å². The number of amides is 1. The summed E-state index contributed by atoms with van der Waals surface area (Å²) in [4.78, 5) is 16.5. The van der Waals surface area contributed by atoms with Gasteiger partial charge in [-0.3, -0.25) is 4.79 Å². The van der Waals surface area contributed by atoms with Crippen molar-refractivity contribution >= 4 is 15.9 Å². The molecule has 134 valence electrons. The maximum atomic E-state index is 12.2. The van der Waals surface area contributed by atoms with Crippen LogP contribution in [0.3, 0.4) is 0 Å². The van der Waals surface area contributed by atoms with Gasteiger partial charge in [-0.25, -0.2) is 18.5 Å². The molecular formula is C18H17N3O4S. The smallest absolute Gasteiger partial charge is 0.273 e. The van der Waals surface area contributed by atoms with Crippen molar-refractivity contribution in [2.45, 2.75) is 18.4 Å². The van der Waals surface area contributed by atoms with Gasteiger partial charge in [-0.15, -0.1) is 0 Å². The largest absolute Gasteiger partial charge is 0.444 e. The van der Waals surface area contributed by atoms with Crippen molar-refractivity contribution in [1.82, 2.24) is 10.3 Å². The second kappa shape index (κ2) is 7.11. The fourth-order valence-corrected chi connectivity index (χ4v) is 3.27.